The molecule has 2 aliphatic heterocycles. The molecule has 5 atom stereocenters. The maximum atomic E-state index is 12.2. The van der Waals surface area contributed by atoms with E-state index < -0.39 is 11.1 Å². The zero-order valence-electron chi connectivity index (χ0n) is 16.9. The first-order valence-corrected chi connectivity index (χ1v) is 10.0. The zero-order valence-corrected chi connectivity index (χ0v) is 16.9. The minimum absolute atomic E-state index is 0.149. The fraction of sp³-hybridized carbons (Fsp3) is 0.458. The molecule has 3 aliphatic rings. The van der Waals surface area contributed by atoms with Gasteiger partial charge in [0.2, 0.25) is 0 Å². The number of rotatable bonds is 5. The molecule has 0 radical (unpaired) electrons. The third-order valence-corrected chi connectivity index (χ3v) is 8.45. The zero-order chi connectivity index (χ0) is 19.9. The van der Waals surface area contributed by atoms with Crippen LogP contribution in [-0.2, 0) is 5.60 Å². The van der Waals surface area contributed by atoms with Crippen molar-refractivity contribution in [2.24, 2.45) is 11.3 Å². The van der Waals surface area contributed by atoms with Crippen molar-refractivity contribution in [2.45, 2.75) is 43.4 Å². The van der Waals surface area contributed by atoms with Gasteiger partial charge >= 0.3 is 0 Å². The molecular formula is C24H28N2O2. The van der Waals surface area contributed by atoms with E-state index >= 15 is 0 Å². The Morgan fingerprint density at radius 3 is 2.68 bits per heavy atom. The van der Waals surface area contributed by atoms with Crippen LogP contribution in [0.1, 0.15) is 32.3 Å². The van der Waals surface area contributed by atoms with Crippen molar-refractivity contribution < 1.29 is 9.84 Å². The lowest BCUT2D eigenvalue weighted by molar-refractivity contribution is -0.126. The van der Waals surface area contributed by atoms with Crippen LogP contribution in [0.25, 0.3) is 10.9 Å². The van der Waals surface area contributed by atoms with Crippen molar-refractivity contribution in [1.29, 1.82) is 0 Å². The molecule has 0 amide bonds. The Morgan fingerprint density at radius 2 is 2.11 bits per heavy atom. The number of hydrogen-bond donors (Lipinski definition) is 1. The van der Waals surface area contributed by atoms with Crippen LogP contribution in [0.2, 0.25) is 0 Å². The number of pyridine rings is 1. The van der Waals surface area contributed by atoms with E-state index in [-0.39, 0.29) is 11.0 Å². The molecule has 2 unspecified atom stereocenters. The number of aliphatic hydroxyl groups is 1. The predicted molar refractivity (Wildman–Crippen MR) is 111 cm³/mol. The predicted octanol–water partition coefficient (Wildman–Crippen LogP) is 4.05. The number of fused-ring (bicyclic) bond motifs is 1. The van der Waals surface area contributed by atoms with E-state index in [0.717, 1.165) is 35.2 Å². The van der Waals surface area contributed by atoms with Crippen LogP contribution in [0.3, 0.4) is 0 Å². The second-order valence-corrected chi connectivity index (χ2v) is 9.06. The van der Waals surface area contributed by atoms with E-state index in [0.29, 0.717) is 5.92 Å². The summed E-state index contributed by atoms with van der Waals surface area (Å²) in [6.45, 7) is 13.7. The summed E-state index contributed by atoms with van der Waals surface area (Å²) in [4.78, 5) is 7.02. The quantitative estimate of drug-likeness (QED) is 0.800. The van der Waals surface area contributed by atoms with Gasteiger partial charge in [0.15, 0.2) is 0 Å². The van der Waals surface area contributed by atoms with E-state index in [1.54, 1.807) is 19.4 Å². The minimum atomic E-state index is -1.19. The van der Waals surface area contributed by atoms with Crippen LogP contribution in [0.4, 0.5) is 0 Å². The average molecular weight is 377 g/mol. The van der Waals surface area contributed by atoms with Gasteiger partial charge in [0.1, 0.15) is 11.4 Å². The highest BCUT2D eigenvalue weighted by Gasteiger charge is 2.86. The molecule has 1 aliphatic carbocycles. The van der Waals surface area contributed by atoms with Gasteiger partial charge in [-0.05, 0) is 49.9 Å². The summed E-state index contributed by atoms with van der Waals surface area (Å²) < 4.78 is 5.43. The third kappa shape index (κ3) is 1.69. The second kappa shape index (κ2) is 5.25. The van der Waals surface area contributed by atoms with Crippen molar-refractivity contribution in [1.82, 2.24) is 9.88 Å². The van der Waals surface area contributed by atoms with E-state index in [2.05, 4.69) is 43.0 Å². The Morgan fingerprint density at radius 1 is 1.32 bits per heavy atom. The van der Waals surface area contributed by atoms with Crippen molar-refractivity contribution >= 4 is 10.9 Å². The summed E-state index contributed by atoms with van der Waals surface area (Å²) in [5.74, 6) is 1.29. The molecule has 4 heteroatoms. The van der Waals surface area contributed by atoms with Crippen molar-refractivity contribution in [3.8, 4) is 5.75 Å². The van der Waals surface area contributed by atoms with Crippen LogP contribution >= 0.6 is 0 Å². The minimum Gasteiger partial charge on any atom is -0.497 e. The van der Waals surface area contributed by atoms with E-state index in [4.69, 9.17) is 4.74 Å². The Kier molecular flexibility index (Phi) is 3.35. The second-order valence-electron chi connectivity index (χ2n) is 9.06. The molecule has 146 valence electrons. The number of nitrogens with zero attached hydrogens (tertiary/aromatic N) is 2. The molecule has 1 aromatic heterocycles. The highest BCUT2D eigenvalue weighted by atomic mass is 16.5. The molecule has 1 aromatic carbocycles. The number of ether oxygens (including phenoxy) is 1. The topological polar surface area (TPSA) is 45.6 Å². The van der Waals surface area contributed by atoms with Crippen LogP contribution in [0, 0.1) is 11.3 Å². The molecule has 3 fully saturated rings. The largest absolute Gasteiger partial charge is 0.497 e. The first-order valence-electron chi connectivity index (χ1n) is 10.0. The molecule has 28 heavy (non-hydrogen) atoms. The molecule has 0 bridgehead atoms. The molecule has 5 rings (SSSR count). The van der Waals surface area contributed by atoms with Gasteiger partial charge in [-0.15, -0.1) is 6.58 Å². The maximum absolute atomic E-state index is 12.2. The Bertz CT molecular complexity index is 1020. The summed E-state index contributed by atoms with van der Waals surface area (Å²) >= 11 is 0. The van der Waals surface area contributed by atoms with Crippen molar-refractivity contribution in [3.63, 3.8) is 0 Å². The average Bonchev–Trinajstić information content (AvgIpc) is 3.17. The van der Waals surface area contributed by atoms with E-state index in [1.807, 2.05) is 24.3 Å². The molecule has 1 saturated carbocycles. The monoisotopic (exact) mass is 376 g/mol. The summed E-state index contributed by atoms with van der Waals surface area (Å²) in [6, 6.07) is 7.73. The highest BCUT2D eigenvalue weighted by molar-refractivity contribution is 5.85. The first kappa shape index (κ1) is 17.9. The van der Waals surface area contributed by atoms with Gasteiger partial charge in [-0.1, -0.05) is 25.7 Å². The van der Waals surface area contributed by atoms with Gasteiger partial charge < -0.3 is 9.84 Å². The summed E-state index contributed by atoms with van der Waals surface area (Å²) in [6.07, 6.45) is 7.73. The lowest BCUT2D eigenvalue weighted by Gasteiger charge is -2.57. The number of benzene rings is 1. The number of hydrogen-bond acceptors (Lipinski definition) is 4. The molecular weight excluding hydrogens is 348 g/mol. The van der Waals surface area contributed by atoms with Gasteiger partial charge in [-0.25, -0.2) is 0 Å². The Labute approximate surface area is 166 Å². The van der Waals surface area contributed by atoms with Gasteiger partial charge in [0.25, 0.3) is 0 Å². The smallest absolute Gasteiger partial charge is 0.126 e. The van der Waals surface area contributed by atoms with E-state index in [1.165, 1.54) is 6.42 Å². The standard InChI is InChI=1S/C24H28N2O2/c1-6-21(3)20-15-22(4,26-13-11-23(20,21)26)24(27,7-2)18-10-12-25-19-9-8-16(28-5)14-17(18)19/h6-10,12,14,20,27H,1-2,11,13,15H2,3-5H3/t20?,21-,22-,23?,24+/m1/s1. The molecule has 2 saturated heterocycles. The van der Waals surface area contributed by atoms with Gasteiger partial charge in [0, 0.05) is 34.6 Å². The van der Waals surface area contributed by atoms with Crippen LogP contribution in [-0.4, -0.2) is 39.7 Å². The van der Waals surface area contributed by atoms with Gasteiger partial charge in [-0.2, -0.15) is 0 Å². The SMILES string of the molecule is C=C[C@]1(C)C2C[C@](C)([C@](O)(C=C)c3ccnc4ccc(OC)cc34)N3CCC231. The van der Waals surface area contributed by atoms with Crippen LogP contribution < -0.4 is 4.74 Å². The van der Waals surface area contributed by atoms with Crippen LogP contribution in [0.15, 0.2) is 55.8 Å². The summed E-state index contributed by atoms with van der Waals surface area (Å²) in [7, 11) is 1.66. The fourth-order valence-corrected chi connectivity index (χ4v) is 6.65. The lowest BCUT2D eigenvalue weighted by Crippen LogP contribution is -2.67. The number of piperidine rings is 1. The van der Waals surface area contributed by atoms with Crippen LogP contribution in [0.5, 0.6) is 5.75 Å². The third-order valence-electron chi connectivity index (χ3n) is 8.45. The normalized spacial score (nSPS) is 38.1. The first-order chi connectivity index (χ1) is 13.3. The Hall–Kier alpha value is -2.17. The molecule has 2 aromatic rings. The Balaban J connectivity index is 1.67. The molecule has 3 heterocycles. The van der Waals surface area contributed by atoms with Crippen molar-refractivity contribution in [2.75, 3.05) is 13.7 Å². The van der Waals surface area contributed by atoms with Crippen molar-refractivity contribution in [3.05, 3.63) is 61.3 Å². The summed E-state index contributed by atoms with van der Waals surface area (Å²) in [5.41, 5.74) is 0.385. The lowest BCUT2D eigenvalue weighted by atomic mass is 9.69. The van der Waals surface area contributed by atoms with Gasteiger partial charge in [-0.3, -0.25) is 9.88 Å². The van der Waals surface area contributed by atoms with E-state index in [9.17, 15) is 5.11 Å². The molecule has 1 spiro atoms. The molecule has 1 N–H and O–H groups in total. The van der Waals surface area contributed by atoms with Gasteiger partial charge in [0.05, 0.1) is 18.2 Å². The number of methoxy groups -OCH3 is 1. The maximum Gasteiger partial charge on any atom is 0.126 e. The fourth-order valence-electron chi connectivity index (χ4n) is 6.65. The summed E-state index contributed by atoms with van der Waals surface area (Å²) in [5, 5.41) is 13.1. The molecule has 4 nitrogen and oxygen atoms in total. The highest BCUT2D eigenvalue weighted by Crippen LogP contribution is 2.80. The number of aromatic nitrogens is 1.